The molecule has 1 saturated heterocycles. The highest BCUT2D eigenvalue weighted by Crippen LogP contribution is 2.25. The Morgan fingerprint density at radius 3 is 2.52 bits per heavy atom. The maximum atomic E-state index is 12.6. The minimum absolute atomic E-state index is 0.190. The Hall–Kier alpha value is -1.63. The van der Waals surface area contributed by atoms with Gasteiger partial charge in [0.05, 0.1) is 23.0 Å². The first-order chi connectivity index (χ1) is 10.9. The zero-order valence-corrected chi connectivity index (χ0v) is 14.4. The van der Waals surface area contributed by atoms with Crippen molar-refractivity contribution in [2.75, 3.05) is 13.1 Å². The van der Waals surface area contributed by atoms with Gasteiger partial charge < -0.3 is 4.74 Å². The van der Waals surface area contributed by atoms with Crippen molar-refractivity contribution in [3.63, 3.8) is 0 Å². The number of benzene rings is 1. The third-order valence-electron chi connectivity index (χ3n) is 3.92. The molecule has 1 aromatic carbocycles. The van der Waals surface area contributed by atoms with Crippen LogP contribution < -0.4 is 4.74 Å². The second-order valence-corrected chi connectivity index (χ2v) is 8.00. The summed E-state index contributed by atoms with van der Waals surface area (Å²) in [7, 11) is -3.46. The minimum atomic E-state index is -3.46. The molecule has 0 atom stereocenters. The van der Waals surface area contributed by atoms with E-state index in [4.69, 9.17) is 16.3 Å². The fourth-order valence-corrected chi connectivity index (χ4v) is 4.00. The molecule has 0 spiro atoms. The summed E-state index contributed by atoms with van der Waals surface area (Å²) < 4.78 is 32.2. The largest absolute Gasteiger partial charge is 0.472 e. The van der Waals surface area contributed by atoms with E-state index < -0.39 is 10.0 Å². The van der Waals surface area contributed by atoms with Crippen molar-refractivity contribution in [2.24, 2.45) is 0 Å². The summed E-state index contributed by atoms with van der Waals surface area (Å²) in [5, 5.41) is 0.532. The second-order valence-electron chi connectivity index (χ2n) is 5.62. The van der Waals surface area contributed by atoms with Gasteiger partial charge in [-0.2, -0.15) is 4.31 Å². The van der Waals surface area contributed by atoms with Crippen LogP contribution in [-0.4, -0.2) is 36.9 Å². The minimum Gasteiger partial charge on any atom is -0.472 e. The number of aromatic nitrogens is 1. The highest BCUT2D eigenvalue weighted by atomic mass is 35.5. The quantitative estimate of drug-likeness (QED) is 0.849. The van der Waals surface area contributed by atoms with E-state index in [1.807, 2.05) is 19.9 Å². The number of hydrogen-bond donors (Lipinski definition) is 0. The summed E-state index contributed by atoms with van der Waals surface area (Å²) in [6.07, 6.45) is 1.31. The summed E-state index contributed by atoms with van der Waals surface area (Å²) in [4.78, 5) is 4.37. The third-order valence-corrected chi connectivity index (χ3v) is 5.97. The molecule has 0 bridgehead atoms. The van der Waals surface area contributed by atoms with Gasteiger partial charge in [0.15, 0.2) is 0 Å². The number of hydrogen-bond acceptors (Lipinski definition) is 4. The maximum absolute atomic E-state index is 12.6. The van der Waals surface area contributed by atoms with Gasteiger partial charge in [0.2, 0.25) is 15.9 Å². The summed E-state index contributed by atoms with van der Waals surface area (Å²) >= 11 is 5.77. The van der Waals surface area contributed by atoms with Crippen molar-refractivity contribution < 1.29 is 13.2 Å². The molecule has 1 fully saturated rings. The van der Waals surface area contributed by atoms with E-state index in [1.165, 1.54) is 10.5 Å². The van der Waals surface area contributed by atoms with Gasteiger partial charge in [-0.25, -0.2) is 13.4 Å². The first kappa shape index (κ1) is 16.2. The topological polar surface area (TPSA) is 59.5 Å². The molecule has 1 aliphatic heterocycles. The van der Waals surface area contributed by atoms with E-state index in [-0.39, 0.29) is 6.10 Å². The van der Waals surface area contributed by atoms with Crippen LogP contribution in [0.5, 0.6) is 5.88 Å². The number of rotatable bonds is 4. The normalized spacial score (nSPS) is 16.1. The smallest absolute Gasteiger partial charge is 0.243 e. The number of sulfonamides is 1. The SMILES string of the molecule is Cc1ccc(S(=O)(=O)N2CC(Oc3ccc(Cl)cn3)C2)cc1C. The van der Waals surface area contributed by atoms with Gasteiger partial charge in [-0.1, -0.05) is 17.7 Å². The lowest BCUT2D eigenvalue weighted by Gasteiger charge is -2.37. The molecule has 0 radical (unpaired) electrons. The van der Waals surface area contributed by atoms with Crippen LogP contribution in [0.4, 0.5) is 0 Å². The van der Waals surface area contributed by atoms with Crippen molar-refractivity contribution in [1.29, 1.82) is 0 Å². The van der Waals surface area contributed by atoms with E-state index in [9.17, 15) is 8.42 Å². The highest BCUT2D eigenvalue weighted by molar-refractivity contribution is 7.89. The monoisotopic (exact) mass is 352 g/mol. The van der Waals surface area contributed by atoms with Gasteiger partial charge in [0.1, 0.15) is 6.10 Å². The second kappa shape index (κ2) is 6.11. The lowest BCUT2D eigenvalue weighted by molar-refractivity contribution is 0.0721. The van der Waals surface area contributed by atoms with E-state index in [1.54, 1.807) is 24.3 Å². The number of nitrogens with zero attached hydrogens (tertiary/aromatic N) is 2. The Labute approximate surface area is 140 Å². The van der Waals surface area contributed by atoms with E-state index in [2.05, 4.69) is 4.98 Å². The number of aryl methyl sites for hydroxylation is 2. The van der Waals surface area contributed by atoms with Gasteiger partial charge >= 0.3 is 0 Å². The molecule has 23 heavy (non-hydrogen) atoms. The Bertz CT molecular complexity index is 816. The molecule has 7 heteroatoms. The third kappa shape index (κ3) is 3.34. The molecule has 122 valence electrons. The molecule has 0 amide bonds. The molecule has 0 aliphatic carbocycles. The average Bonchev–Trinajstić information content (AvgIpc) is 2.47. The molecule has 1 aromatic heterocycles. The molecule has 0 saturated carbocycles. The van der Waals surface area contributed by atoms with Crippen LogP contribution in [0.15, 0.2) is 41.4 Å². The van der Waals surface area contributed by atoms with E-state index in [0.29, 0.717) is 28.9 Å². The van der Waals surface area contributed by atoms with Crippen molar-refractivity contribution in [1.82, 2.24) is 9.29 Å². The van der Waals surface area contributed by atoms with Gasteiger partial charge in [-0.05, 0) is 43.2 Å². The van der Waals surface area contributed by atoms with Gasteiger partial charge in [0, 0.05) is 12.3 Å². The molecule has 5 nitrogen and oxygen atoms in total. The fourth-order valence-electron chi connectivity index (χ4n) is 2.30. The Kier molecular flexibility index (Phi) is 4.31. The van der Waals surface area contributed by atoms with Crippen molar-refractivity contribution in [3.8, 4) is 5.88 Å². The molecule has 2 aromatic rings. The number of pyridine rings is 1. The van der Waals surface area contributed by atoms with Crippen LogP contribution >= 0.6 is 11.6 Å². The Morgan fingerprint density at radius 2 is 1.91 bits per heavy atom. The standard InChI is InChI=1S/C16H17ClN2O3S/c1-11-3-5-15(7-12(11)2)23(20,21)19-9-14(10-19)22-16-6-4-13(17)8-18-16/h3-8,14H,9-10H2,1-2H3. The van der Waals surface area contributed by atoms with Crippen LogP contribution in [-0.2, 0) is 10.0 Å². The van der Waals surface area contributed by atoms with Crippen molar-refractivity contribution >= 4 is 21.6 Å². The predicted molar refractivity (Wildman–Crippen MR) is 88.3 cm³/mol. The van der Waals surface area contributed by atoms with Crippen LogP contribution in [0.2, 0.25) is 5.02 Å². The predicted octanol–water partition coefficient (Wildman–Crippen LogP) is 2.80. The molecule has 0 N–H and O–H groups in total. The summed E-state index contributed by atoms with van der Waals surface area (Å²) in [6.45, 7) is 4.50. The first-order valence-corrected chi connectivity index (χ1v) is 9.04. The highest BCUT2D eigenvalue weighted by Gasteiger charge is 2.38. The molecular formula is C16H17ClN2O3S. The molecular weight excluding hydrogens is 336 g/mol. The van der Waals surface area contributed by atoms with Crippen molar-refractivity contribution in [3.05, 3.63) is 52.7 Å². The van der Waals surface area contributed by atoms with Gasteiger partial charge in [-0.15, -0.1) is 0 Å². The summed E-state index contributed by atoms with van der Waals surface area (Å²) in [5.74, 6) is 0.447. The van der Waals surface area contributed by atoms with Crippen LogP contribution in [0.1, 0.15) is 11.1 Å². The Morgan fingerprint density at radius 1 is 1.17 bits per heavy atom. The summed E-state index contributed by atoms with van der Waals surface area (Å²) in [5.41, 5.74) is 2.03. The van der Waals surface area contributed by atoms with Crippen LogP contribution in [0.25, 0.3) is 0 Å². The lowest BCUT2D eigenvalue weighted by atomic mass is 10.1. The molecule has 1 aliphatic rings. The van der Waals surface area contributed by atoms with Crippen LogP contribution in [0, 0.1) is 13.8 Å². The number of ether oxygens (including phenoxy) is 1. The molecule has 3 rings (SSSR count). The number of halogens is 1. The lowest BCUT2D eigenvalue weighted by Crippen LogP contribution is -2.56. The van der Waals surface area contributed by atoms with E-state index >= 15 is 0 Å². The van der Waals surface area contributed by atoms with E-state index in [0.717, 1.165) is 11.1 Å². The summed E-state index contributed by atoms with van der Waals surface area (Å²) in [6, 6.07) is 8.54. The zero-order valence-electron chi connectivity index (χ0n) is 12.9. The van der Waals surface area contributed by atoms with Crippen LogP contribution in [0.3, 0.4) is 0 Å². The maximum Gasteiger partial charge on any atom is 0.243 e. The fraction of sp³-hybridized carbons (Fsp3) is 0.312. The average molecular weight is 353 g/mol. The Balaban J connectivity index is 1.65. The molecule has 2 heterocycles. The molecule has 0 unspecified atom stereocenters. The zero-order chi connectivity index (χ0) is 16.6. The first-order valence-electron chi connectivity index (χ1n) is 7.22. The van der Waals surface area contributed by atoms with Gasteiger partial charge in [-0.3, -0.25) is 0 Å². The van der Waals surface area contributed by atoms with Crippen molar-refractivity contribution in [2.45, 2.75) is 24.8 Å². The van der Waals surface area contributed by atoms with Gasteiger partial charge in [0.25, 0.3) is 0 Å².